The lowest BCUT2D eigenvalue weighted by atomic mass is 9.87. The number of ether oxygens (including phenoxy) is 2. The normalized spacial score (nSPS) is 20.8. The summed E-state index contributed by atoms with van der Waals surface area (Å²) in [6.45, 7) is 5.21. The van der Waals surface area contributed by atoms with Crippen LogP contribution < -0.4 is 10.1 Å². The Bertz CT molecular complexity index is 657. The molecule has 0 aromatic heterocycles. The number of rotatable bonds is 4. The molecule has 2 unspecified atom stereocenters. The Kier molecular flexibility index (Phi) is 5.41. The average Bonchev–Trinajstić information content (AvgIpc) is 2.45. The summed E-state index contributed by atoms with van der Waals surface area (Å²) in [6, 6.07) is 4.34. The highest BCUT2D eigenvalue weighted by Crippen LogP contribution is 2.35. The van der Waals surface area contributed by atoms with Gasteiger partial charge in [-0.3, -0.25) is 4.79 Å². The number of aliphatic imine (C=N–C) groups is 1. The number of hydrogen-bond donors (Lipinski definition) is 1. The van der Waals surface area contributed by atoms with Gasteiger partial charge in [-0.15, -0.1) is 0 Å². The number of benzene rings is 1. The molecule has 0 saturated carbocycles. The zero-order valence-corrected chi connectivity index (χ0v) is 15.0. The first-order valence-corrected chi connectivity index (χ1v) is 8.02. The van der Waals surface area contributed by atoms with E-state index in [0.717, 1.165) is 4.47 Å². The molecule has 1 aromatic rings. The molecule has 6 nitrogen and oxygen atoms in total. The first-order valence-electron chi connectivity index (χ1n) is 7.23. The topological polar surface area (TPSA) is 77.0 Å². The molecule has 1 aromatic carbocycles. The van der Waals surface area contributed by atoms with E-state index in [4.69, 9.17) is 9.47 Å². The molecule has 2 atom stereocenters. The Hall–Kier alpha value is -1.89. The molecule has 1 aliphatic rings. The van der Waals surface area contributed by atoms with Crippen LogP contribution in [-0.2, 0) is 9.53 Å². The highest BCUT2D eigenvalue weighted by Gasteiger charge is 2.39. The highest BCUT2D eigenvalue weighted by atomic mass is 79.9. The third-order valence-corrected chi connectivity index (χ3v) is 3.97. The van der Waals surface area contributed by atoms with Crippen molar-refractivity contribution in [1.29, 1.82) is 0 Å². The standard InChI is InChI=1S/C16H19BrN2O4/c1-8(2)23-15(20)13-9(3)18-16(21)19-14(13)11-7-10(17)5-6-12(11)22-4/h5-8,13-14H,1-4H3,(H,19,21). The molecule has 0 radical (unpaired) electrons. The molecule has 124 valence electrons. The Morgan fingerprint density at radius 1 is 1.39 bits per heavy atom. The molecule has 0 aliphatic carbocycles. The van der Waals surface area contributed by atoms with Crippen LogP contribution in [0.15, 0.2) is 27.7 Å². The largest absolute Gasteiger partial charge is 0.496 e. The lowest BCUT2D eigenvalue weighted by molar-refractivity contribution is -0.150. The van der Waals surface area contributed by atoms with E-state index in [2.05, 4.69) is 26.2 Å². The third-order valence-electron chi connectivity index (χ3n) is 3.47. The zero-order chi connectivity index (χ0) is 17.1. The predicted octanol–water partition coefficient (Wildman–Crippen LogP) is 3.25. The van der Waals surface area contributed by atoms with Crippen molar-refractivity contribution < 1.29 is 19.1 Å². The van der Waals surface area contributed by atoms with E-state index in [1.165, 1.54) is 0 Å². The van der Waals surface area contributed by atoms with Crippen LogP contribution >= 0.6 is 15.9 Å². The summed E-state index contributed by atoms with van der Waals surface area (Å²) in [5.41, 5.74) is 1.11. The first kappa shape index (κ1) is 17.5. The molecule has 0 fully saturated rings. The number of carbonyl (C=O) groups excluding carboxylic acids is 2. The van der Waals surface area contributed by atoms with E-state index in [1.54, 1.807) is 33.9 Å². The molecule has 1 N–H and O–H groups in total. The van der Waals surface area contributed by atoms with Crippen molar-refractivity contribution in [2.75, 3.05) is 7.11 Å². The SMILES string of the molecule is COc1ccc(Br)cc1C1NC(=O)N=C(C)C1C(=O)OC(C)C. The maximum absolute atomic E-state index is 12.5. The molecule has 2 amide bonds. The highest BCUT2D eigenvalue weighted by molar-refractivity contribution is 9.10. The number of halogens is 1. The van der Waals surface area contributed by atoms with E-state index in [-0.39, 0.29) is 6.10 Å². The van der Waals surface area contributed by atoms with Gasteiger partial charge in [-0.25, -0.2) is 9.79 Å². The summed E-state index contributed by atoms with van der Waals surface area (Å²) in [5, 5.41) is 2.74. The van der Waals surface area contributed by atoms with E-state index in [9.17, 15) is 9.59 Å². The van der Waals surface area contributed by atoms with Gasteiger partial charge in [-0.2, -0.15) is 0 Å². The summed E-state index contributed by atoms with van der Waals surface area (Å²) in [5.74, 6) is -0.540. The summed E-state index contributed by atoms with van der Waals surface area (Å²) in [6.07, 6.45) is -0.252. The van der Waals surface area contributed by atoms with Crippen molar-refractivity contribution >= 4 is 33.6 Å². The van der Waals surface area contributed by atoms with Gasteiger partial charge in [0.2, 0.25) is 0 Å². The Morgan fingerprint density at radius 2 is 2.09 bits per heavy atom. The smallest absolute Gasteiger partial charge is 0.341 e. The number of methoxy groups -OCH3 is 1. The van der Waals surface area contributed by atoms with Crippen LogP contribution in [0.3, 0.4) is 0 Å². The molecular weight excluding hydrogens is 364 g/mol. The molecule has 2 rings (SSSR count). The summed E-state index contributed by atoms with van der Waals surface area (Å²) < 4.78 is 11.5. The minimum atomic E-state index is -0.696. The maximum atomic E-state index is 12.5. The van der Waals surface area contributed by atoms with Gasteiger partial charge in [0, 0.05) is 15.7 Å². The molecule has 7 heteroatoms. The Morgan fingerprint density at radius 3 is 2.70 bits per heavy atom. The molecule has 0 spiro atoms. The van der Waals surface area contributed by atoms with Crippen molar-refractivity contribution in [2.24, 2.45) is 10.9 Å². The fourth-order valence-corrected chi connectivity index (χ4v) is 2.92. The summed E-state index contributed by atoms with van der Waals surface area (Å²) in [7, 11) is 1.54. The van der Waals surface area contributed by atoms with Crippen LogP contribution in [-0.4, -0.2) is 30.9 Å². The van der Waals surface area contributed by atoms with Gasteiger partial charge >= 0.3 is 12.0 Å². The number of nitrogens with zero attached hydrogens (tertiary/aromatic N) is 1. The van der Waals surface area contributed by atoms with Crippen LogP contribution in [0.2, 0.25) is 0 Å². The molecule has 0 bridgehead atoms. The van der Waals surface area contributed by atoms with Gasteiger partial charge in [0.25, 0.3) is 0 Å². The average molecular weight is 383 g/mol. The van der Waals surface area contributed by atoms with Gasteiger partial charge < -0.3 is 14.8 Å². The second kappa shape index (κ2) is 7.12. The minimum absolute atomic E-state index is 0.252. The quantitative estimate of drug-likeness (QED) is 0.810. The van der Waals surface area contributed by atoms with Crippen LogP contribution in [0, 0.1) is 5.92 Å². The molecule has 23 heavy (non-hydrogen) atoms. The summed E-state index contributed by atoms with van der Waals surface area (Å²) >= 11 is 3.40. The molecule has 0 saturated heterocycles. The fourth-order valence-electron chi connectivity index (χ4n) is 2.54. The van der Waals surface area contributed by atoms with Crippen molar-refractivity contribution in [1.82, 2.24) is 5.32 Å². The van der Waals surface area contributed by atoms with Crippen LogP contribution in [0.5, 0.6) is 5.75 Å². The number of carbonyl (C=O) groups is 2. The van der Waals surface area contributed by atoms with Crippen molar-refractivity contribution in [3.63, 3.8) is 0 Å². The van der Waals surface area contributed by atoms with Gasteiger partial charge in [-0.1, -0.05) is 15.9 Å². The molecular formula is C16H19BrN2O4. The van der Waals surface area contributed by atoms with Crippen molar-refractivity contribution in [3.05, 3.63) is 28.2 Å². The van der Waals surface area contributed by atoms with Crippen LogP contribution in [0.25, 0.3) is 0 Å². The Labute approximate surface area is 143 Å². The monoisotopic (exact) mass is 382 g/mol. The van der Waals surface area contributed by atoms with Crippen LogP contribution in [0.1, 0.15) is 32.4 Å². The molecule has 1 aliphatic heterocycles. The molecule has 1 heterocycles. The number of esters is 1. The lowest BCUT2D eigenvalue weighted by Crippen LogP contribution is -2.44. The van der Waals surface area contributed by atoms with Gasteiger partial charge in [0.1, 0.15) is 11.7 Å². The number of amides is 2. The number of urea groups is 1. The summed E-state index contributed by atoms with van der Waals surface area (Å²) in [4.78, 5) is 28.2. The third kappa shape index (κ3) is 3.90. The van der Waals surface area contributed by atoms with E-state index in [1.807, 2.05) is 12.1 Å². The van der Waals surface area contributed by atoms with Gasteiger partial charge in [0.15, 0.2) is 0 Å². The van der Waals surface area contributed by atoms with Crippen molar-refractivity contribution in [3.8, 4) is 5.75 Å². The second-order valence-electron chi connectivity index (χ2n) is 5.53. The number of nitrogens with one attached hydrogen (secondary N) is 1. The van der Waals surface area contributed by atoms with E-state index in [0.29, 0.717) is 17.0 Å². The van der Waals surface area contributed by atoms with E-state index >= 15 is 0 Å². The predicted molar refractivity (Wildman–Crippen MR) is 89.8 cm³/mol. The maximum Gasteiger partial charge on any atom is 0.341 e. The van der Waals surface area contributed by atoms with Gasteiger partial charge in [0.05, 0.1) is 19.3 Å². The zero-order valence-electron chi connectivity index (χ0n) is 13.4. The lowest BCUT2D eigenvalue weighted by Gasteiger charge is -2.31. The first-order chi connectivity index (χ1) is 10.8. The van der Waals surface area contributed by atoms with Gasteiger partial charge in [-0.05, 0) is 39.0 Å². The Balaban J connectivity index is 2.49. The fraction of sp³-hybridized carbons (Fsp3) is 0.438. The second-order valence-corrected chi connectivity index (χ2v) is 6.45. The van der Waals surface area contributed by atoms with Crippen molar-refractivity contribution in [2.45, 2.75) is 32.9 Å². The van der Waals surface area contributed by atoms with E-state index < -0.39 is 24.0 Å². The minimum Gasteiger partial charge on any atom is -0.496 e. The number of hydrogen-bond acceptors (Lipinski definition) is 4. The van der Waals surface area contributed by atoms with Crippen LogP contribution in [0.4, 0.5) is 4.79 Å².